The molecule has 4 aromatic rings. The van der Waals surface area contributed by atoms with Gasteiger partial charge in [0.05, 0.1) is 17.4 Å². The smallest absolute Gasteiger partial charge is 0.340 e. The molecule has 1 fully saturated rings. The van der Waals surface area contributed by atoms with E-state index in [0.29, 0.717) is 18.0 Å². The van der Waals surface area contributed by atoms with E-state index in [1.54, 1.807) is 0 Å². The molecule has 0 saturated carbocycles. The summed E-state index contributed by atoms with van der Waals surface area (Å²) in [5.41, 5.74) is 7.49. The van der Waals surface area contributed by atoms with Crippen LogP contribution in [0.5, 0.6) is 0 Å². The van der Waals surface area contributed by atoms with Crippen molar-refractivity contribution >= 4 is 17.6 Å². The van der Waals surface area contributed by atoms with Crippen molar-refractivity contribution < 1.29 is 19.1 Å². The lowest BCUT2D eigenvalue weighted by Crippen LogP contribution is -2.37. The van der Waals surface area contributed by atoms with Crippen LogP contribution >= 0.6 is 0 Å². The van der Waals surface area contributed by atoms with Crippen molar-refractivity contribution in [2.75, 3.05) is 18.0 Å². The van der Waals surface area contributed by atoms with Crippen LogP contribution in [0.2, 0.25) is 0 Å². The van der Waals surface area contributed by atoms with Crippen LogP contribution in [0.1, 0.15) is 97.9 Å². The maximum Gasteiger partial charge on any atom is 0.340 e. The highest BCUT2D eigenvalue weighted by Crippen LogP contribution is 2.44. The summed E-state index contributed by atoms with van der Waals surface area (Å²) in [6.45, 7) is 15.6. The van der Waals surface area contributed by atoms with Crippen LogP contribution in [0.3, 0.4) is 0 Å². The van der Waals surface area contributed by atoms with E-state index in [-0.39, 0.29) is 12.0 Å². The van der Waals surface area contributed by atoms with Crippen LogP contribution in [0.4, 0.5) is 5.69 Å². The minimum Gasteiger partial charge on any atom is -0.461 e. The number of rotatable bonds is 10. The number of pyridine rings is 1. The summed E-state index contributed by atoms with van der Waals surface area (Å²) < 4.78 is 12.3. The van der Waals surface area contributed by atoms with Crippen molar-refractivity contribution in [3.05, 3.63) is 119 Å². The maximum absolute atomic E-state index is 13.8. The SMILES string of the molecule is Cc1nc(C)c([C@H](OC(C)(C)C)C(=O)OC(C)C)c(N2CCC(c3ccccc3)CC2)c1-c1ccc(C(=O)NCc2ccccc2)cc1. The monoisotopic (exact) mass is 647 g/mol. The molecule has 0 aliphatic carbocycles. The molecule has 2 heterocycles. The van der Waals surface area contributed by atoms with Gasteiger partial charge in [0.1, 0.15) is 0 Å². The molecule has 48 heavy (non-hydrogen) atoms. The van der Waals surface area contributed by atoms with Crippen molar-refractivity contribution in [1.82, 2.24) is 10.3 Å². The summed E-state index contributed by atoms with van der Waals surface area (Å²) in [7, 11) is 0. The standard InChI is InChI=1S/C41H49N3O4/c1-27(2)47-40(46)38(48-41(5,6)7)36-29(4)43-28(3)35(37(36)44-24-22-32(23-25-44)31-16-12-9-13-17-31)33-18-20-34(21-19-33)39(45)42-26-30-14-10-8-11-15-30/h8-21,27,32,38H,22-26H2,1-7H3,(H,42,45)/t38-/m0/s1. The van der Waals surface area contributed by atoms with Crippen molar-refractivity contribution in [3.63, 3.8) is 0 Å². The van der Waals surface area contributed by atoms with E-state index in [2.05, 4.69) is 40.5 Å². The number of ether oxygens (including phenoxy) is 2. The van der Waals surface area contributed by atoms with E-state index in [9.17, 15) is 9.59 Å². The molecule has 1 aliphatic heterocycles. The fraction of sp³-hybridized carbons (Fsp3) is 0.390. The van der Waals surface area contributed by atoms with E-state index in [1.807, 2.05) is 103 Å². The van der Waals surface area contributed by atoms with Gasteiger partial charge in [0.25, 0.3) is 5.91 Å². The van der Waals surface area contributed by atoms with E-state index >= 15 is 0 Å². The molecule has 7 nitrogen and oxygen atoms in total. The Labute approximate surface area is 285 Å². The van der Waals surface area contributed by atoms with E-state index < -0.39 is 17.7 Å². The molecular weight excluding hydrogens is 598 g/mol. The Kier molecular flexibility index (Phi) is 11.0. The molecule has 1 aliphatic rings. The minimum absolute atomic E-state index is 0.136. The van der Waals surface area contributed by atoms with Gasteiger partial charge in [0, 0.05) is 47.7 Å². The average molecular weight is 648 g/mol. The van der Waals surface area contributed by atoms with Crippen LogP contribution in [0.15, 0.2) is 84.9 Å². The summed E-state index contributed by atoms with van der Waals surface area (Å²) in [4.78, 5) is 34.3. The number of piperidine rings is 1. The number of carbonyl (C=O) groups is 2. The zero-order valence-electron chi connectivity index (χ0n) is 29.4. The second-order valence-corrected chi connectivity index (χ2v) is 13.9. The highest BCUT2D eigenvalue weighted by molar-refractivity contribution is 5.95. The predicted octanol–water partition coefficient (Wildman–Crippen LogP) is 8.49. The third-order valence-corrected chi connectivity index (χ3v) is 8.69. The fourth-order valence-corrected chi connectivity index (χ4v) is 6.54. The van der Waals surface area contributed by atoms with E-state index in [0.717, 1.165) is 65.3 Å². The summed E-state index contributed by atoms with van der Waals surface area (Å²) in [5, 5.41) is 3.02. The number of aromatic nitrogens is 1. The van der Waals surface area contributed by atoms with Gasteiger partial charge >= 0.3 is 5.97 Å². The number of nitrogens with zero attached hydrogens (tertiary/aromatic N) is 2. The molecule has 1 amide bonds. The lowest BCUT2D eigenvalue weighted by atomic mass is 9.87. The Balaban J connectivity index is 1.56. The number of nitrogens with one attached hydrogen (secondary N) is 1. The van der Waals surface area contributed by atoms with E-state index in [4.69, 9.17) is 14.5 Å². The van der Waals surface area contributed by atoms with Gasteiger partial charge in [-0.2, -0.15) is 0 Å². The highest BCUT2D eigenvalue weighted by atomic mass is 16.6. The van der Waals surface area contributed by atoms with Crippen molar-refractivity contribution in [3.8, 4) is 11.1 Å². The second kappa shape index (κ2) is 15.2. The third kappa shape index (κ3) is 8.50. The Morgan fingerprint density at radius 3 is 2.06 bits per heavy atom. The maximum atomic E-state index is 13.8. The number of esters is 1. The molecule has 252 valence electrons. The molecular formula is C41H49N3O4. The quantitative estimate of drug-likeness (QED) is 0.174. The molecule has 0 radical (unpaired) electrons. The zero-order chi connectivity index (χ0) is 34.4. The average Bonchev–Trinajstić information content (AvgIpc) is 3.06. The number of amides is 1. The molecule has 0 unspecified atom stereocenters. The predicted molar refractivity (Wildman–Crippen MR) is 192 cm³/mol. The van der Waals surface area contributed by atoms with Gasteiger partial charge < -0.3 is 19.7 Å². The lowest BCUT2D eigenvalue weighted by molar-refractivity contribution is -0.171. The molecule has 1 saturated heterocycles. The molecule has 1 aromatic heterocycles. The largest absolute Gasteiger partial charge is 0.461 e. The van der Waals surface area contributed by atoms with Gasteiger partial charge in [0.2, 0.25) is 0 Å². The van der Waals surface area contributed by atoms with Gasteiger partial charge in [-0.3, -0.25) is 9.78 Å². The highest BCUT2D eigenvalue weighted by Gasteiger charge is 2.37. The van der Waals surface area contributed by atoms with Gasteiger partial charge in [-0.05, 0) is 96.0 Å². The second-order valence-electron chi connectivity index (χ2n) is 13.9. The number of hydrogen-bond acceptors (Lipinski definition) is 6. The Hall–Kier alpha value is -4.49. The first kappa shape index (κ1) is 34.8. The van der Waals surface area contributed by atoms with Crippen LogP contribution in [-0.2, 0) is 20.8 Å². The Morgan fingerprint density at radius 1 is 0.875 bits per heavy atom. The molecule has 1 N–H and O–H groups in total. The Bertz CT molecular complexity index is 1690. The molecule has 1 atom stereocenters. The van der Waals surface area contributed by atoms with Crippen LogP contribution < -0.4 is 10.2 Å². The fourth-order valence-electron chi connectivity index (χ4n) is 6.54. The van der Waals surface area contributed by atoms with Gasteiger partial charge in [-0.15, -0.1) is 0 Å². The first-order valence-electron chi connectivity index (χ1n) is 17.0. The lowest BCUT2D eigenvalue weighted by Gasteiger charge is -2.38. The summed E-state index contributed by atoms with van der Waals surface area (Å²) in [6.07, 6.45) is 0.687. The normalized spacial score (nSPS) is 14.5. The van der Waals surface area contributed by atoms with Crippen molar-refractivity contribution in [2.24, 2.45) is 0 Å². The number of aryl methyl sites for hydroxylation is 2. The van der Waals surface area contributed by atoms with Crippen LogP contribution in [0.25, 0.3) is 11.1 Å². The number of carbonyl (C=O) groups excluding carboxylic acids is 2. The van der Waals surface area contributed by atoms with Crippen LogP contribution in [0, 0.1) is 13.8 Å². The summed E-state index contributed by atoms with van der Waals surface area (Å²) >= 11 is 0. The molecule has 5 rings (SSSR count). The first-order chi connectivity index (χ1) is 22.9. The number of hydrogen-bond donors (Lipinski definition) is 1. The molecule has 3 aromatic carbocycles. The van der Waals surface area contributed by atoms with E-state index in [1.165, 1.54) is 5.56 Å². The number of anilines is 1. The van der Waals surface area contributed by atoms with Gasteiger partial charge in [0.15, 0.2) is 6.10 Å². The first-order valence-corrected chi connectivity index (χ1v) is 17.0. The summed E-state index contributed by atoms with van der Waals surface area (Å²) in [5.74, 6) is -0.104. The topological polar surface area (TPSA) is 80.8 Å². The van der Waals surface area contributed by atoms with Gasteiger partial charge in [-0.25, -0.2) is 4.79 Å². The van der Waals surface area contributed by atoms with Crippen molar-refractivity contribution in [2.45, 2.75) is 91.6 Å². The zero-order valence-corrected chi connectivity index (χ0v) is 29.4. The minimum atomic E-state index is -0.968. The number of benzene rings is 3. The van der Waals surface area contributed by atoms with Crippen molar-refractivity contribution in [1.29, 1.82) is 0 Å². The van der Waals surface area contributed by atoms with Gasteiger partial charge in [-0.1, -0.05) is 72.8 Å². The molecule has 7 heteroatoms. The van der Waals surface area contributed by atoms with Crippen LogP contribution in [-0.4, -0.2) is 41.7 Å². The molecule has 0 spiro atoms. The third-order valence-electron chi connectivity index (χ3n) is 8.69. The summed E-state index contributed by atoms with van der Waals surface area (Å²) in [6, 6.07) is 28.2. The molecule has 0 bridgehead atoms. The Morgan fingerprint density at radius 2 is 1.48 bits per heavy atom.